The molecule has 0 spiro atoms. The van der Waals surface area contributed by atoms with Crippen molar-refractivity contribution in [2.24, 2.45) is 39.9 Å². The molecule has 0 aliphatic rings. The number of rotatable bonds is 50. The third kappa shape index (κ3) is 41.6. The zero-order valence-corrected chi connectivity index (χ0v) is 61.3. The number of aryl methyl sites for hydroxylation is 1. The highest BCUT2D eigenvalue weighted by molar-refractivity contribution is 14.1. The van der Waals surface area contributed by atoms with Crippen molar-refractivity contribution in [2.45, 2.75) is 142 Å². The number of aliphatic hydroxyl groups is 1. The van der Waals surface area contributed by atoms with Crippen molar-refractivity contribution in [3.8, 4) is 5.75 Å². The Morgan fingerprint density at radius 2 is 1.10 bits per heavy atom. The Morgan fingerprint density at radius 3 is 1.66 bits per heavy atom. The minimum Gasteiger partial charge on any atom is -0.507 e. The van der Waals surface area contributed by atoms with E-state index >= 15 is 0 Å². The van der Waals surface area contributed by atoms with Crippen LogP contribution in [-0.4, -0.2) is 233 Å². The Hall–Kier alpha value is -7.97. The molecule has 0 saturated carbocycles. The first-order valence-electron chi connectivity index (χ1n) is 32.8. The van der Waals surface area contributed by atoms with E-state index in [0.29, 0.717) is 84.0 Å². The van der Waals surface area contributed by atoms with Crippen molar-refractivity contribution >= 4 is 111 Å². The van der Waals surface area contributed by atoms with Crippen molar-refractivity contribution in [3.05, 3.63) is 63.2 Å². The van der Waals surface area contributed by atoms with Crippen molar-refractivity contribution in [2.75, 3.05) is 98.2 Å². The fourth-order valence-electron chi connectivity index (χ4n) is 8.92. The van der Waals surface area contributed by atoms with Crippen LogP contribution in [0.3, 0.4) is 0 Å². The summed E-state index contributed by atoms with van der Waals surface area (Å²) in [6.45, 7) is 11.8. The highest BCUT2D eigenvalue weighted by Gasteiger charge is 2.34. The highest BCUT2D eigenvalue weighted by atomic mass is 123. The van der Waals surface area contributed by atoms with Gasteiger partial charge in [-0.05, 0) is 115 Å². The van der Waals surface area contributed by atoms with Crippen molar-refractivity contribution in [1.82, 2.24) is 53.2 Å². The maximum absolute atomic E-state index is 13.5. The Labute approximate surface area is 601 Å². The Morgan fingerprint density at radius 1 is 0.570 bits per heavy atom. The zero-order valence-electron chi connectivity index (χ0n) is 58.3. The van der Waals surface area contributed by atoms with E-state index in [1.54, 1.807) is 39.2 Å². The number of aliphatic hydroxyl groups excluding tert-OH is 1. The number of nitrogens with one attached hydrogen (secondary N) is 10. The number of halogens is 1. The number of carbonyl (C=O) groups is 12. The number of aliphatic imine (C=N–C) groups is 1. The number of guanidine groups is 1. The molecule has 0 heterocycles. The van der Waals surface area contributed by atoms with Crippen LogP contribution in [0.1, 0.15) is 97.6 Å². The maximum atomic E-state index is 13.5. The Bertz CT molecular complexity index is 2920. The summed E-state index contributed by atoms with van der Waals surface area (Å²) in [5.41, 5.74) is 17.9. The third-order valence-electron chi connectivity index (χ3n) is 14.2. The number of phenols is 1. The molecule has 2 aromatic rings. The van der Waals surface area contributed by atoms with E-state index < -0.39 is 120 Å². The van der Waals surface area contributed by atoms with Crippen LogP contribution in [-0.2, 0) is 89.3 Å². The van der Waals surface area contributed by atoms with E-state index in [2.05, 4.69) is 80.8 Å². The number of carboxylic acid groups (broad SMARTS) is 1. The maximum Gasteiger partial charge on any atom is 0.305 e. The van der Waals surface area contributed by atoms with Crippen LogP contribution in [0, 0.1) is 21.3 Å². The molecule has 100 heavy (non-hydrogen) atoms. The number of primary amides is 1. The first kappa shape index (κ1) is 90.0. The monoisotopic (exact) mass is 1540 g/mol. The van der Waals surface area contributed by atoms with Crippen LogP contribution in [0.5, 0.6) is 5.75 Å². The van der Waals surface area contributed by atoms with Gasteiger partial charge in [0.25, 0.3) is 0 Å². The molecule has 0 bridgehead atoms. The average Bonchev–Trinajstić information content (AvgIpc) is 0.872. The normalized spacial score (nSPS) is 13.3. The largest absolute Gasteiger partial charge is 0.507 e. The molecule has 0 radical (unpaired) electrons. The summed E-state index contributed by atoms with van der Waals surface area (Å²) in [6, 6.07) is 5.99. The zero-order chi connectivity index (χ0) is 75.1. The number of carboxylic acids is 1. The molecular weight excluding hydrogens is 1440 g/mol. The van der Waals surface area contributed by atoms with Crippen molar-refractivity contribution in [3.63, 3.8) is 0 Å². The van der Waals surface area contributed by atoms with Gasteiger partial charge in [0.2, 0.25) is 65.0 Å². The molecule has 35 heteroatoms. The minimum absolute atomic E-state index is 0.0273. The predicted octanol–water partition coefficient (Wildman–Crippen LogP) is -1.90. The minimum atomic E-state index is -1.71. The number of ether oxygens (including phenoxy) is 4. The smallest absolute Gasteiger partial charge is 0.305 e. The fraction of sp³-hybridized carbons (Fsp3) is 0.615. The summed E-state index contributed by atoms with van der Waals surface area (Å²) >= 11 is 3.39. The first-order chi connectivity index (χ1) is 47.4. The quantitative estimate of drug-likeness (QED) is 0.0149. The molecule has 33 nitrogen and oxygen atoms in total. The van der Waals surface area contributed by atoms with Gasteiger partial charge in [0.1, 0.15) is 61.3 Å². The number of benzene rings is 2. The summed E-state index contributed by atoms with van der Waals surface area (Å²) in [7, 11) is 1.50. The topological polar surface area (TPSA) is 513 Å². The molecule has 0 aliphatic heterocycles. The van der Waals surface area contributed by atoms with E-state index in [0.717, 1.165) is 14.7 Å². The lowest BCUT2D eigenvalue weighted by Gasteiger charge is -2.27. The molecule has 0 aliphatic carbocycles. The van der Waals surface area contributed by atoms with Crippen LogP contribution in [0.4, 0.5) is 0 Å². The Balaban J connectivity index is 0.00000102. The third-order valence-corrected chi connectivity index (χ3v) is 15.8. The van der Waals surface area contributed by atoms with E-state index in [1.807, 2.05) is 50.2 Å². The van der Waals surface area contributed by atoms with Crippen LogP contribution >= 0.6 is 34.4 Å². The van der Waals surface area contributed by atoms with Gasteiger partial charge in [-0.1, -0.05) is 71.0 Å². The second-order valence-corrected chi connectivity index (χ2v) is 26.0. The molecule has 2 rings (SSSR count). The van der Waals surface area contributed by atoms with Gasteiger partial charge in [0.15, 0.2) is 5.96 Å². The number of likely N-dealkylation sites (N-methyl/N-ethyl adjacent to an activating group) is 1. The molecule has 11 amide bonds. The van der Waals surface area contributed by atoms with Crippen molar-refractivity contribution in [1.29, 1.82) is 0 Å². The summed E-state index contributed by atoms with van der Waals surface area (Å²) in [5.74, 6) is -8.58. The first-order valence-corrected chi connectivity index (χ1v) is 35.2. The number of hydrogen-bond acceptors (Lipinski definition) is 20. The van der Waals surface area contributed by atoms with Gasteiger partial charge in [0, 0.05) is 45.4 Å². The van der Waals surface area contributed by atoms with Crippen molar-refractivity contribution < 1.29 is 91.8 Å². The number of aromatic hydroxyl groups is 1. The number of hydrogen-bond donors (Lipinski definition) is 16. The van der Waals surface area contributed by atoms with E-state index in [9.17, 15) is 72.9 Å². The van der Waals surface area contributed by atoms with Gasteiger partial charge < -0.3 is 105 Å². The van der Waals surface area contributed by atoms with Crippen LogP contribution < -0.4 is 70.4 Å². The number of carbonyl (C=O) groups excluding carboxylic acids is 11. The Kier molecular flexibility index (Phi) is 46.9. The van der Waals surface area contributed by atoms with Gasteiger partial charge in [0.05, 0.1) is 56.2 Å². The summed E-state index contributed by atoms with van der Waals surface area (Å²) in [6.07, 6.45) is 3.35. The van der Waals surface area contributed by atoms with E-state index in [1.165, 1.54) is 25.7 Å². The van der Waals surface area contributed by atoms with E-state index in [-0.39, 0.29) is 81.0 Å². The van der Waals surface area contributed by atoms with Gasteiger partial charge in [-0.15, -0.1) is 0 Å². The predicted molar refractivity (Wildman–Crippen MR) is 381 cm³/mol. The molecule has 8 atom stereocenters. The second kappa shape index (κ2) is 52.1. The van der Waals surface area contributed by atoms with Gasteiger partial charge >= 0.3 is 5.97 Å². The molecule has 2 aromatic carbocycles. The van der Waals surface area contributed by atoms with Crippen LogP contribution in [0.2, 0.25) is 0 Å². The molecule has 562 valence electrons. The number of nitrogens with zero attached hydrogens (tertiary/aromatic N) is 1. The lowest BCUT2D eigenvalue weighted by Crippen LogP contribution is -2.60. The lowest BCUT2D eigenvalue weighted by atomic mass is 10.0. The number of aliphatic carboxylic acids is 1. The molecule has 0 aromatic heterocycles. The molecule has 19 N–H and O–H groups in total. The van der Waals surface area contributed by atoms with Gasteiger partial charge in [-0.2, -0.15) is 11.8 Å². The highest BCUT2D eigenvalue weighted by Crippen LogP contribution is 2.21. The molecule has 0 saturated heterocycles. The summed E-state index contributed by atoms with van der Waals surface area (Å²) in [5, 5.41) is 54.4. The number of thioether (sulfide) groups is 1. The van der Waals surface area contributed by atoms with Crippen LogP contribution in [0.25, 0.3) is 0 Å². The average molecular weight is 1540 g/mol. The number of amides is 11. The lowest BCUT2D eigenvalue weighted by molar-refractivity contribution is -0.141. The fourth-order valence-corrected chi connectivity index (χ4v) is 9.97. The van der Waals surface area contributed by atoms with E-state index in [4.69, 9.17) is 36.1 Å². The van der Waals surface area contributed by atoms with Gasteiger partial charge in [-0.3, -0.25) is 62.5 Å². The summed E-state index contributed by atoms with van der Waals surface area (Å²) in [4.78, 5) is 155. The molecule has 0 fully saturated rings. The second-order valence-electron chi connectivity index (χ2n) is 23.8. The molecule has 0 unspecified atom stereocenters. The van der Waals surface area contributed by atoms with Crippen LogP contribution in [0.15, 0.2) is 53.5 Å². The molecular formula is C65H105IN14O19S. The number of phenolic OH excluding ortho intramolecular Hbond substituents is 1. The SMILES string of the molecule is CNC(=O)[C@H](Cc1ccccc1)NC(=O)COCC(=O)NCCOCCOCCOCCNC(=O)CCc1ccc(O)c([123I])c1.CSCC[C@H](NC(=O)[C@H](CO)NC(=O)[C@@H](C)CCCN=C(N)N)C(=O)N[C@@H](CC(=O)O)C(=O)N[C@@H](CC(C)C)C(=O)N[C@@H](C)C(=O)N[C@@H](CC(C)C)C(N)=O. The van der Waals surface area contributed by atoms with Gasteiger partial charge in [-0.25, -0.2) is 0 Å². The standard InChI is InChI=1S/C34H62N10O10S.C31H43IN4O9/c1-17(2)13-22(27(35)48)41-29(50)20(6)39-31(52)23(14-18(3)4)42-32(53)24(15-26(46)47)43-30(51)21(10-12-55-7)40-33(54)25(16-45)44-28(49)19(5)9-8-11-38-34(36)37;1-33-31(41)26(20-23-5-3-2-4-6-23)36-30(40)22-45-21-29(39)35-12-14-43-16-18-44-17-15-42-13-11-34-28(38)10-8-24-7-9-27(37)25(32)19-24/h17-25,45H,8-16H2,1-7H3,(H2,35,48)(H,39,52)(H,40,54)(H,41,50)(H,42,53)(H,43,51)(H,44,49)(H,46,47)(H4,36,37,38);2-7,9,19,26,37H,8,10-18,20-22H2,1H3,(H,33,41)(H,34,38)(H,35,39)(H,36,40)/t19-,20-,21-,22-,23-,24-,25-;26-/m00/s1/i;32-4. The summed E-state index contributed by atoms with van der Waals surface area (Å²) < 4.78 is 22.2. The number of nitrogens with two attached hydrogens (primary N) is 3.